The van der Waals surface area contributed by atoms with Crippen LogP contribution >= 0.6 is 0 Å². The van der Waals surface area contributed by atoms with Gasteiger partial charge >= 0.3 is 0 Å². The fourth-order valence-electron chi connectivity index (χ4n) is 0.385. The molecular formula is C9H13NO3. The van der Waals surface area contributed by atoms with E-state index in [4.69, 9.17) is 9.90 Å². The van der Waals surface area contributed by atoms with Crippen molar-refractivity contribution in [1.29, 1.82) is 0 Å². The molecule has 0 fully saturated rings. The van der Waals surface area contributed by atoms with Crippen molar-refractivity contribution in [3.8, 4) is 0 Å². The van der Waals surface area contributed by atoms with E-state index in [-0.39, 0.29) is 12.4 Å². The summed E-state index contributed by atoms with van der Waals surface area (Å²) in [6.45, 7) is 1.06. The lowest BCUT2D eigenvalue weighted by atomic mass is 10.4. The maximum atomic E-state index is 9.22. The first-order valence-electron chi connectivity index (χ1n) is 3.49. The number of amides is 1. The molecule has 0 unspecified atom stereocenters. The first-order chi connectivity index (χ1) is 6.15. The minimum Gasteiger partial charge on any atom is -0.483 e. The molecule has 0 aliphatic rings. The number of carbonyl (C=O) groups excluding carboxylic acids is 1. The Morgan fingerprint density at radius 2 is 1.23 bits per heavy atom. The van der Waals surface area contributed by atoms with Crippen LogP contribution < -0.4 is 5.73 Å². The van der Waals surface area contributed by atoms with Crippen LogP contribution in [0.3, 0.4) is 0 Å². The quantitative estimate of drug-likeness (QED) is 0.586. The molecule has 0 spiro atoms. The van der Waals surface area contributed by atoms with Crippen molar-refractivity contribution in [1.82, 2.24) is 0 Å². The second kappa shape index (κ2) is 12.8. The molecule has 0 radical (unpaired) electrons. The van der Waals surface area contributed by atoms with Gasteiger partial charge in [-0.15, -0.1) is 0 Å². The van der Waals surface area contributed by atoms with E-state index in [1.807, 2.05) is 36.4 Å². The maximum absolute atomic E-state index is 9.22. The summed E-state index contributed by atoms with van der Waals surface area (Å²) in [5.41, 5.74) is 4.47. The number of rotatable bonds is 0. The largest absolute Gasteiger partial charge is 0.483 e. The van der Waals surface area contributed by atoms with Crippen molar-refractivity contribution in [2.75, 3.05) is 0 Å². The highest BCUT2D eigenvalue weighted by Gasteiger charge is 1.61. The van der Waals surface area contributed by atoms with Gasteiger partial charge in [-0.2, -0.15) is 0 Å². The van der Waals surface area contributed by atoms with Gasteiger partial charge in [0, 0.05) is 6.92 Å². The smallest absolute Gasteiger partial charge is 0.290 e. The Labute approximate surface area is 77.0 Å². The van der Waals surface area contributed by atoms with Crippen molar-refractivity contribution in [2.45, 2.75) is 6.92 Å². The van der Waals surface area contributed by atoms with Crippen molar-refractivity contribution in [2.24, 2.45) is 5.73 Å². The molecular weight excluding hydrogens is 170 g/mol. The molecule has 13 heavy (non-hydrogen) atoms. The van der Waals surface area contributed by atoms with Crippen LogP contribution in [0.15, 0.2) is 36.4 Å². The van der Waals surface area contributed by atoms with E-state index in [9.17, 15) is 4.79 Å². The summed E-state index contributed by atoms with van der Waals surface area (Å²) in [7, 11) is 0. The topological polar surface area (TPSA) is 80.4 Å². The zero-order chi connectivity index (χ0) is 10.5. The Morgan fingerprint density at radius 1 is 1.15 bits per heavy atom. The third-order valence-electron chi connectivity index (χ3n) is 0.667. The molecule has 0 saturated carbocycles. The fraction of sp³-hybridized carbons (Fsp3) is 0.111. The summed E-state index contributed by atoms with van der Waals surface area (Å²) in [4.78, 5) is 17.6. The molecule has 0 saturated heterocycles. The second-order valence-electron chi connectivity index (χ2n) is 1.87. The van der Waals surface area contributed by atoms with Crippen molar-refractivity contribution < 1.29 is 14.7 Å². The number of nitrogens with two attached hydrogens (primary N) is 1. The van der Waals surface area contributed by atoms with Crippen LogP contribution in [0.5, 0.6) is 0 Å². The summed E-state index contributed by atoms with van der Waals surface area (Å²) >= 11 is 0. The van der Waals surface area contributed by atoms with Gasteiger partial charge in [0.25, 0.3) is 6.47 Å². The van der Waals surface area contributed by atoms with Crippen LogP contribution in [0.25, 0.3) is 0 Å². The summed E-state index contributed by atoms with van der Waals surface area (Å²) < 4.78 is 0. The maximum Gasteiger partial charge on any atom is 0.290 e. The molecule has 4 nitrogen and oxygen atoms in total. The number of hydrogen-bond donors (Lipinski definition) is 2. The molecule has 4 heteroatoms. The lowest BCUT2D eigenvalue weighted by Gasteiger charge is -1.69. The van der Waals surface area contributed by atoms with E-state index in [1.54, 1.807) is 0 Å². The van der Waals surface area contributed by atoms with Crippen molar-refractivity contribution >= 4 is 12.4 Å². The van der Waals surface area contributed by atoms with E-state index in [1.165, 1.54) is 6.92 Å². The number of carboxylic acid groups (broad SMARTS) is 1. The Kier molecular flexibility index (Phi) is 13.5. The molecule has 1 amide bonds. The third-order valence-corrected chi connectivity index (χ3v) is 0.667. The van der Waals surface area contributed by atoms with Gasteiger partial charge in [0.05, 0.1) is 0 Å². The van der Waals surface area contributed by atoms with Crippen LogP contribution in [0, 0.1) is 0 Å². The lowest BCUT2D eigenvalue weighted by molar-refractivity contribution is -0.123. The van der Waals surface area contributed by atoms with Gasteiger partial charge < -0.3 is 10.8 Å². The first kappa shape index (κ1) is 13.7. The van der Waals surface area contributed by atoms with Gasteiger partial charge in [0.15, 0.2) is 0 Å². The molecule has 0 aliphatic carbocycles. The van der Waals surface area contributed by atoms with Gasteiger partial charge in [0.1, 0.15) is 0 Å². The Morgan fingerprint density at radius 3 is 1.31 bits per heavy atom. The Hall–Kier alpha value is -1.84. The number of primary amides is 1. The van der Waals surface area contributed by atoms with Gasteiger partial charge in [-0.1, -0.05) is 36.4 Å². The Bertz CT molecular complexity index is 181. The zero-order valence-corrected chi connectivity index (χ0v) is 7.38. The molecule has 0 bridgehead atoms. The zero-order valence-electron chi connectivity index (χ0n) is 7.38. The molecule has 1 aromatic carbocycles. The average molecular weight is 183 g/mol. The van der Waals surface area contributed by atoms with Gasteiger partial charge in [0.2, 0.25) is 5.91 Å². The highest BCUT2D eigenvalue weighted by atomic mass is 16.3. The van der Waals surface area contributed by atoms with Gasteiger partial charge in [-0.25, -0.2) is 0 Å². The van der Waals surface area contributed by atoms with E-state index in [0.717, 1.165) is 0 Å². The second-order valence-corrected chi connectivity index (χ2v) is 1.87. The van der Waals surface area contributed by atoms with Crippen molar-refractivity contribution in [3.05, 3.63) is 36.4 Å². The van der Waals surface area contributed by atoms with Crippen LogP contribution in [-0.2, 0) is 9.59 Å². The molecule has 1 rings (SSSR count). The third kappa shape index (κ3) is 39.1. The highest BCUT2D eigenvalue weighted by molar-refractivity contribution is 5.70. The normalized spacial score (nSPS) is 6.54. The predicted molar refractivity (Wildman–Crippen MR) is 50.0 cm³/mol. The van der Waals surface area contributed by atoms with Crippen LogP contribution in [0.4, 0.5) is 0 Å². The lowest BCUT2D eigenvalue weighted by Crippen LogP contribution is -2.01. The van der Waals surface area contributed by atoms with E-state index in [2.05, 4.69) is 5.73 Å². The van der Waals surface area contributed by atoms with E-state index < -0.39 is 0 Å². The highest BCUT2D eigenvalue weighted by Crippen LogP contribution is 1.79. The summed E-state index contributed by atoms with van der Waals surface area (Å²) in [5.74, 6) is -0.333. The monoisotopic (exact) mass is 183 g/mol. The number of hydrogen-bond acceptors (Lipinski definition) is 2. The fourth-order valence-corrected chi connectivity index (χ4v) is 0.385. The molecule has 3 N–H and O–H groups in total. The standard InChI is InChI=1S/C6H6.C2H5NO.CH2O2/c1-2-4-6-5-3-1;1-2(3)4;2-1-3/h1-6H;1H3,(H2,3,4);1H,(H,2,3). The molecule has 1 aromatic rings. The summed E-state index contributed by atoms with van der Waals surface area (Å²) in [6, 6.07) is 12.0. The molecule has 0 aliphatic heterocycles. The number of carbonyl (C=O) groups is 2. The van der Waals surface area contributed by atoms with Crippen LogP contribution in [0.1, 0.15) is 6.92 Å². The predicted octanol–water partition coefficient (Wildman–Crippen LogP) is 0.879. The van der Waals surface area contributed by atoms with Crippen molar-refractivity contribution in [3.63, 3.8) is 0 Å². The van der Waals surface area contributed by atoms with Gasteiger partial charge in [-0.3, -0.25) is 9.59 Å². The molecule has 0 atom stereocenters. The van der Waals surface area contributed by atoms with Gasteiger partial charge in [-0.05, 0) is 0 Å². The molecule has 72 valence electrons. The van der Waals surface area contributed by atoms with E-state index in [0.29, 0.717) is 0 Å². The first-order valence-corrected chi connectivity index (χ1v) is 3.49. The summed E-state index contributed by atoms with van der Waals surface area (Å²) in [6.07, 6.45) is 0. The minimum atomic E-state index is -0.333. The van der Waals surface area contributed by atoms with Crippen LogP contribution in [0.2, 0.25) is 0 Å². The average Bonchev–Trinajstić information content (AvgIpc) is 2.08. The van der Waals surface area contributed by atoms with Crippen LogP contribution in [-0.4, -0.2) is 17.5 Å². The SMILES string of the molecule is CC(N)=O.O=CO.c1ccccc1. The minimum absolute atomic E-state index is 0.250. The Balaban J connectivity index is 0. The van der Waals surface area contributed by atoms with E-state index >= 15 is 0 Å². The number of benzene rings is 1. The molecule has 0 aromatic heterocycles. The summed E-state index contributed by atoms with van der Waals surface area (Å²) in [5, 5.41) is 6.89. The molecule has 0 heterocycles.